The highest BCUT2D eigenvalue weighted by Gasteiger charge is 2.60. The molecule has 356 valence electrons. The first kappa shape index (κ1) is 46.2. The summed E-state index contributed by atoms with van der Waals surface area (Å²) < 4.78 is 0. The van der Waals surface area contributed by atoms with E-state index >= 15 is 0 Å². The SMILES string of the molecule is CC(C)(C)c1cccc(N2c3cc(C(C)(C)C)ccc3B3c4cc(C(C)(C)C)ccc4N(c4ccc(C(C)(C)C)cc4-c4ccccc4)c4cc(N5c6ccc(N)cc6C6(C)CCCC56C)cc2c43)c1. The van der Waals surface area contributed by atoms with Crippen molar-refractivity contribution in [2.45, 2.75) is 149 Å². The van der Waals surface area contributed by atoms with Crippen LogP contribution in [0.5, 0.6) is 0 Å². The molecule has 1 saturated carbocycles. The van der Waals surface area contributed by atoms with Gasteiger partial charge in [-0.25, -0.2) is 0 Å². The fraction of sp³-hybridized carbons (Fsp3) is 0.354. The monoisotopic (exact) mass is 921 g/mol. The van der Waals surface area contributed by atoms with Crippen molar-refractivity contribution < 1.29 is 0 Å². The summed E-state index contributed by atoms with van der Waals surface area (Å²) in [6, 6.07) is 54.4. The number of anilines is 9. The molecule has 0 bridgehead atoms. The van der Waals surface area contributed by atoms with Gasteiger partial charge in [0.25, 0.3) is 6.71 Å². The number of hydrogen-bond acceptors (Lipinski definition) is 4. The van der Waals surface area contributed by atoms with E-state index < -0.39 is 0 Å². The third-order valence-corrected chi connectivity index (χ3v) is 17.1. The minimum Gasteiger partial charge on any atom is -0.399 e. The smallest absolute Gasteiger partial charge is 0.252 e. The van der Waals surface area contributed by atoms with E-state index in [9.17, 15) is 0 Å². The summed E-state index contributed by atoms with van der Waals surface area (Å²) in [5.41, 5.74) is 30.1. The van der Waals surface area contributed by atoms with Crippen molar-refractivity contribution >= 4 is 74.3 Å². The van der Waals surface area contributed by atoms with Gasteiger partial charge in [0.05, 0.1) is 11.2 Å². The molecule has 0 spiro atoms. The number of nitrogen functional groups attached to an aromatic ring is 1. The second-order valence-corrected chi connectivity index (χ2v) is 25.8. The quantitative estimate of drug-likeness (QED) is 0.141. The maximum absolute atomic E-state index is 6.71. The highest BCUT2D eigenvalue weighted by molar-refractivity contribution is 7.00. The maximum Gasteiger partial charge on any atom is 0.252 e. The van der Waals surface area contributed by atoms with Crippen LogP contribution in [-0.2, 0) is 27.1 Å². The zero-order valence-electron chi connectivity index (χ0n) is 44.4. The molecular formula is C65H73BN4. The van der Waals surface area contributed by atoms with Gasteiger partial charge in [-0.2, -0.15) is 0 Å². The average Bonchev–Trinajstić information content (AvgIpc) is 3.70. The fourth-order valence-electron chi connectivity index (χ4n) is 12.7. The molecule has 4 aliphatic rings. The molecule has 11 rings (SSSR count). The van der Waals surface area contributed by atoms with Crippen molar-refractivity contribution in [1.82, 2.24) is 0 Å². The van der Waals surface area contributed by atoms with Crippen LogP contribution in [0, 0.1) is 0 Å². The standard InChI is InChI=1S/C65H73BN4/c1-60(2,3)42-22-18-23-47(34-42)68-56-37-45(63(10,11)12)24-28-51(56)66-52-36-44(62(7,8)9)26-30-55(52)69(53-29-25-43(61(4,5)6)35-49(53)41-20-16-15-17-21-41)58-40-48(39-57(68)59(58)66)70-54-31-27-46(67)38-50(54)64(13)32-19-33-65(64,70)14/h15-18,20-31,34-40H,19,32-33,67H2,1-14H3. The average molecular weight is 921 g/mol. The lowest BCUT2D eigenvalue weighted by Gasteiger charge is -2.47. The molecule has 2 unspecified atom stereocenters. The highest BCUT2D eigenvalue weighted by atomic mass is 15.3. The van der Waals surface area contributed by atoms with E-state index in [2.05, 4.69) is 251 Å². The third kappa shape index (κ3) is 6.99. The summed E-state index contributed by atoms with van der Waals surface area (Å²) in [6.07, 6.45) is 3.39. The van der Waals surface area contributed by atoms with E-state index in [-0.39, 0.29) is 39.3 Å². The molecule has 0 aromatic heterocycles. The normalized spacial score (nSPS) is 19.5. The van der Waals surface area contributed by atoms with Crippen molar-refractivity contribution in [3.63, 3.8) is 0 Å². The lowest BCUT2D eigenvalue weighted by molar-refractivity contribution is 0.330. The Morgan fingerprint density at radius 3 is 1.71 bits per heavy atom. The number of hydrogen-bond donors (Lipinski definition) is 1. The topological polar surface area (TPSA) is 35.7 Å². The molecule has 70 heavy (non-hydrogen) atoms. The Morgan fingerprint density at radius 1 is 0.457 bits per heavy atom. The second kappa shape index (κ2) is 15.4. The Balaban J connectivity index is 1.31. The molecular weight excluding hydrogens is 848 g/mol. The van der Waals surface area contributed by atoms with E-state index in [4.69, 9.17) is 5.73 Å². The first-order valence-electron chi connectivity index (χ1n) is 26.0. The van der Waals surface area contributed by atoms with E-state index in [1.807, 2.05) is 0 Å². The molecule has 1 fully saturated rings. The summed E-state index contributed by atoms with van der Waals surface area (Å²) in [7, 11) is 0. The van der Waals surface area contributed by atoms with Crippen LogP contribution in [0.3, 0.4) is 0 Å². The zero-order valence-corrected chi connectivity index (χ0v) is 44.4. The van der Waals surface area contributed by atoms with Gasteiger partial charge in [0.2, 0.25) is 0 Å². The van der Waals surface area contributed by atoms with Gasteiger partial charge in [-0.1, -0.05) is 169 Å². The molecule has 3 heterocycles. The summed E-state index contributed by atoms with van der Waals surface area (Å²) in [5.74, 6) is 0. The maximum atomic E-state index is 6.71. The van der Waals surface area contributed by atoms with Gasteiger partial charge in [0, 0.05) is 56.5 Å². The molecule has 5 heteroatoms. The van der Waals surface area contributed by atoms with E-state index in [0.717, 1.165) is 18.5 Å². The third-order valence-electron chi connectivity index (χ3n) is 17.1. The van der Waals surface area contributed by atoms with Crippen LogP contribution in [-0.4, -0.2) is 12.3 Å². The second-order valence-electron chi connectivity index (χ2n) is 25.8. The van der Waals surface area contributed by atoms with Crippen LogP contribution >= 0.6 is 0 Å². The van der Waals surface area contributed by atoms with Crippen molar-refractivity contribution in [3.8, 4) is 11.1 Å². The van der Waals surface area contributed by atoms with Crippen LogP contribution < -0.4 is 36.8 Å². The Bertz CT molecular complexity index is 3250. The summed E-state index contributed by atoms with van der Waals surface area (Å²) >= 11 is 0. The summed E-state index contributed by atoms with van der Waals surface area (Å²) in [5, 5.41) is 0. The number of nitrogens with two attached hydrogens (primary N) is 1. The van der Waals surface area contributed by atoms with Crippen LogP contribution in [0.4, 0.5) is 51.2 Å². The molecule has 0 radical (unpaired) electrons. The Morgan fingerprint density at radius 2 is 1.04 bits per heavy atom. The van der Waals surface area contributed by atoms with Crippen LogP contribution in [0.2, 0.25) is 0 Å². The van der Waals surface area contributed by atoms with Crippen LogP contribution in [0.1, 0.15) is 144 Å². The van der Waals surface area contributed by atoms with Crippen molar-refractivity contribution in [2.75, 3.05) is 20.4 Å². The van der Waals surface area contributed by atoms with Crippen LogP contribution in [0.15, 0.2) is 140 Å². The number of rotatable bonds is 4. The van der Waals surface area contributed by atoms with Crippen LogP contribution in [0.25, 0.3) is 11.1 Å². The molecule has 7 aromatic rings. The van der Waals surface area contributed by atoms with Crippen molar-refractivity contribution in [1.29, 1.82) is 0 Å². The minimum absolute atomic E-state index is 0.0225. The molecule has 1 aliphatic carbocycles. The molecule has 3 aliphatic heterocycles. The minimum atomic E-state index is -0.172. The molecule has 0 amide bonds. The number of nitrogens with zero attached hydrogens (tertiary/aromatic N) is 3. The van der Waals surface area contributed by atoms with Gasteiger partial charge in [-0.05, 0) is 158 Å². The van der Waals surface area contributed by atoms with E-state index in [1.165, 1.54) is 107 Å². The lowest BCUT2D eigenvalue weighted by Crippen LogP contribution is -2.61. The molecule has 4 nitrogen and oxygen atoms in total. The molecule has 7 aromatic carbocycles. The lowest BCUT2D eigenvalue weighted by atomic mass is 9.33. The first-order chi connectivity index (χ1) is 32.9. The van der Waals surface area contributed by atoms with E-state index in [0.29, 0.717) is 0 Å². The Hall–Kier alpha value is -6.20. The van der Waals surface area contributed by atoms with Crippen molar-refractivity contribution in [2.24, 2.45) is 0 Å². The Kier molecular flexibility index (Phi) is 10.2. The van der Waals surface area contributed by atoms with Crippen molar-refractivity contribution in [3.05, 3.63) is 167 Å². The predicted molar refractivity (Wildman–Crippen MR) is 303 cm³/mol. The van der Waals surface area contributed by atoms with Gasteiger partial charge in [-0.3, -0.25) is 0 Å². The predicted octanol–water partition coefficient (Wildman–Crippen LogP) is 15.6. The zero-order chi connectivity index (χ0) is 49.7. The van der Waals surface area contributed by atoms with Gasteiger partial charge >= 0.3 is 0 Å². The fourth-order valence-corrected chi connectivity index (χ4v) is 12.7. The highest BCUT2D eigenvalue weighted by Crippen LogP contribution is 2.63. The van der Waals surface area contributed by atoms with E-state index in [1.54, 1.807) is 0 Å². The van der Waals surface area contributed by atoms with Gasteiger partial charge < -0.3 is 20.4 Å². The van der Waals surface area contributed by atoms with Gasteiger partial charge in [-0.15, -0.1) is 0 Å². The number of fused-ring (bicyclic) bond motifs is 7. The van der Waals surface area contributed by atoms with Gasteiger partial charge in [0.15, 0.2) is 0 Å². The Labute approximate surface area is 420 Å². The summed E-state index contributed by atoms with van der Waals surface area (Å²) in [4.78, 5) is 8.04. The molecule has 2 N–H and O–H groups in total. The largest absolute Gasteiger partial charge is 0.399 e. The number of benzene rings is 7. The summed E-state index contributed by atoms with van der Waals surface area (Å²) in [6.45, 7) is 33.1. The van der Waals surface area contributed by atoms with Gasteiger partial charge in [0.1, 0.15) is 0 Å². The molecule has 2 atom stereocenters. The molecule has 0 saturated heterocycles. The first-order valence-corrected chi connectivity index (χ1v) is 26.0.